The van der Waals surface area contributed by atoms with E-state index in [1.54, 1.807) is 36.5 Å². The number of carbonyl (C=O) groups is 2. The first-order valence-electron chi connectivity index (χ1n) is 7.03. The van der Waals surface area contributed by atoms with Crippen LogP contribution in [0.25, 0.3) is 10.9 Å². The van der Waals surface area contributed by atoms with Crippen molar-refractivity contribution in [1.82, 2.24) is 4.57 Å². The molecule has 0 saturated heterocycles. The molecule has 0 aliphatic heterocycles. The Labute approximate surface area is 132 Å². The molecule has 3 aromatic rings. The second-order valence-corrected chi connectivity index (χ2v) is 5.18. The molecule has 0 unspecified atom stereocenters. The van der Waals surface area contributed by atoms with Crippen molar-refractivity contribution in [3.8, 4) is 0 Å². The number of nitrogens with zero attached hydrogens (tertiary/aromatic N) is 1. The van der Waals surface area contributed by atoms with Crippen LogP contribution in [-0.2, 0) is 11.3 Å². The zero-order chi connectivity index (χ0) is 16.4. The number of rotatable bonds is 4. The Kier molecular flexibility index (Phi) is 3.93. The summed E-state index contributed by atoms with van der Waals surface area (Å²) in [5, 5.41) is 0.759. The zero-order valence-electron chi connectivity index (χ0n) is 12.5. The monoisotopic (exact) mass is 311 g/mol. The van der Waals surface area contributed by atoms with Gasteiger partial charge in [0.2, 0.25) is 0 Å². The summed E-state index contributed by atoms with van der Waals surface area (Å²) in [6, 6.07) is 11.2. The lowest BCUT2D eigenvalue weighted by Crippen LogP contribution is -2.02. The number of hydrogen-bond donors (Lipinski definition) is 0. The SMILES string of the molecule is COC(=O)c1ccc2c(C=O)cn(Cc3ccc(F)cc3)c2c1. The highest BCUT2D eigenvalue weighted by atomic mass is 19.1. The molecule has 4 nitrogen and oxygen atoms in total. The van der Waals surface area contributed by atoms with Crippen LogP contribution in [0.2, 0.25) is 0 Å². The summed E-state index contributed by atoms with van der Waals surface area (Å²) >= 11 is 0. The van der Waals surface area contributed by atoms with E-state index in [0.29, 0.717) is 17.7 Å². The van der Waals surface area contributed by atoms with Gasteiger partial charge in [-0.2, -0.15) is 0 Å². The van der Waals surface area contributed by atoms with Gasteiger partial charge in [-0.15, -0.1) is 0 Å². The lowest BCUT2D eigenvalue weighted by molar-refractivity contribution is 0.0601. The number of hydrogen-bond acceptors (Lipinski definition) is 3. The highest BCUT2D eigenvalue weighted by molar-refractivity contribution is 6.01. The molecule has 2 aromatic carbocycles. The number of halogens is 1. The Morgan fingerprint density at radius 2 is 1.96 bits per heavy atom. The molecule has 0 aliphatic rings. The van der Waals surface area contributed by atoms with Gasteiger partial charge in [0.15, 0.2) is 6.29 Å². The van der Waals surface area contributed by atoms with Crippen LogP contribution >= 0.6 is 0 Å². The third-order valence-corrected chi connectivity index (χ3v) is 3.73. The van der Waals surface area contributed by atoms with Crippen LogP contribution in [0.1, 0.15) is 26.3 Å². The summed E-state index contributed by atoms with van der Waals surface area (Å²) < 4.78 is 19.6. The summed E-state index contributed by atoms with van der Waals surface area (Å²) in [6.07, 6.45) is 2.50. The molecule has 0 radical (unpaired) electrons. The van der Waals surface area contributed by atoms with Gasteiger partial charge in [0, 0.05) is 29.2 Å². The molecule has 0 atom stereocenters. The summed E-state index contributed by atoms with van der Waals surface area (Å²) in [6.45, 7) is 0.468. The van der Waals surface area contributed by atoms with E-state index in [-0.39, 0.29) is 5.82 Å². The lowest BCUT2D eigenvalue weighted by atomic mass is 10.1. The summed E-state index contributed by atoms with van der Waals surface area (Å²) in [5.41, 5.74) is 2.60. The standard InChI is InChI=1S/C18H14FNO3/c1-23-18(22)13-4-7-16-14(11-21)10-20(17(16)8-13)9-12-2-5-15(19)6-3-12/h2-8,10-11H,9H2,1H3. The van der Waals surface area contributed by atoms with Crippen molar-refractivity contribution in [1.29, 1.82) is 0 Å². The van der Waals surface area contributed by atoms with E-state index in [0.717, 1.165) is 22.8 Å². The minimum atomic E-state index is -0.436. The number of methoxy groups -OCH3 is 1. The molecule has 1 heterocycles. The molecule has 0 bridgehead atoms. The Morgan fingerprint density at radius 3 is 2.61 bits per heavy atom. The average Bonchev–Trinajstić information content (AvgIpc) is 2.93. The Morgan fingerprint density at radius 1 is 1.22 bits per heavy atom. The molecule has 0 fully saturated rings. The number of esters is 1. The van der Waals surface area contributed by atoms with Crippen LogP contribution in [0.5, 0.6) is 0 Å². The molecular formula is C18H14FNO3. The van der Waals surface area contributed by atoms with Gasteiger partial charge in [-0.25, -0.2) is 9.18 Å². The predicted molar refractivity (Wildman–Crippen MR) is 84.2 cm³/mol. The second-order valence-electron chi connectivity index (χ2n) is 5.18. The van der Waals surface area contributed by atoms with Crippen molar-refractivity contribution in [2.24, 2.45) is 0 Å². The Hall–Kier alpha value is -2.95. The first kappa shape index (κ1) is 15.0. The van der Waals surface area contributed by atoms with Crippen LogP contribution < -0.4 is 0 Å². The molecule has 0 saturated carbocycles. The molecule has 1 aromatic heterocycles. The number of fused-ring (bicyclic) bond motifs is 1. The summed E-state index contributed by atoms with van der Waals surface area (Å²) in [7, 11) is 1.32. The van der Waals surface area contributed by atoms with E-state index >= 15 is 0 Å². The predicted octanol–water partition coefficient (Wildman–Crippen LogP) is 3.43. The van der Waals surface area contributed by atoms with Gasteiger partial charge in [-0.1, -0.05) is 18.2 Å². The fourth-order valence-corrected chi connectivity index (χ4v) is 2.58. The van der Waals surface area contributed by atoms with Gasteiger partial charge in [0.1, 0.15) is 5.82 Å². The normalized spacial score (nSPS) is 10.7. The number of aromatic nitrogens is 1. The van der Waals surface area contributed by atoms with E-state index < -0.39 is 5.97 Å². The maximum absolute atomic E-state index is 13.0. The number of aldehydes is 1. The highest BCUT2D eigenvalue weighted by Gasteiger charge is 2.12. The van der Waals surface area contributed by atoms with Gasteiger partial charge in [-0.3, -0.25) is 4.79 Å². The average molecular weight is 311 g/mol. The van der Waals surface area contributed by atoms with Crippen LogP contribution in [-0.4, -0.2) is 23.9 Å². The van der Waals surface area contributed by atoms with E-state index in [4.69, 9.17) is 4.74 Å². The lowest BCUT2D eigenvalue weighted by Gasteiger charge is -2.07. The molecule has 0 N–H and O–H groups in total. The van der Waals surface area contributed by atoms with Gasteiger partial charge < -0.3 is 9.30 Å². The summed E-state index contributed by atoms with van der Waals surface area (Å²) in [4.78, 5) is 22.9. The highest BCUT2D eigenvalue weighted by Crippen LogP contribution is 2.23. The minimum absolute atomic E-state index is 0.298. The van der Waals surface area contributed by atoms with Crippen molar-refractivity contribution in [3.05, 3.63) is 71.2 Å². The number of benzene rings is 2. The van der Waals surface area contributed by atoms with E-state index in [2.05, 4.69) is 0 Å². The van der Waals surface area contributed by atoms with E-state index in [1.165, 1.54) is 19.2 Å². The van der Waals surface area contributed by atoms with Crippen molar-refractivity contribution in [3.63, 3.8) is 0 Å². The topological polar surface area (TPSA) is 48.3 Å². The molecule has 3 rings (SSSR count). The van der Waals surface area contributed by atoms with Gasteiger partial charge in [0.05, 0.1) is 12.7 Å². The van der Waals surface area contributed by atoms with Crippen molar-refractivity contribution < 1.29 is 18.7 Å². The van der Waals surface area contributed by atoms with Gasteiger partial charge >= 0.3 is 5.97 Å². The fraction of sp³-hybridized carbons (Fsp3) is 0.111. The van der Waals surface area contributed by atoms with Crippen molar-refractivity contribution in [2.45, 2.75) is 6.54 Å². The first-order chi connectivity index (χ1) is 11.1. The second kappa shape index (κ2) is 6.04. The van der Waals surface area contributed by atoms with Crippen molar-refractivity contribution in [2.75, 3.05) is 7.11 Å². The Bertz CT molecular complexity index is 881. The molecular weight excluding hydrogens is 297 g/mol. The molecule has 116 valence electrons. The maximum Gasteiger partial charge on any atom is 0.337 e. The third kappa shape index (κ3) is 2.85. The largest absolute Gasteiger partial charge is 0.465 e. The van der Waals surface area contributed by atoms with Crippen LogP contribution in [0.15, 0.2) is 48.7 Å². The molecule has 5 heteroatoms. The van der Waals surface area contributed by atoms with Gasteiger partial charge in [-0.05, 0) is 29.8 Å². The van der Waals surface area contributed by atoms with Crippen LogP contribution in [0, 0.1) is 5.82 Å². The number of ether oxygens (including phenoxy) is 1. The van der Waals surface area contributed by atoms with Crippen LogP contribution in [0.3, 0.4) is 0 Å². The fourth-order valence-electron chi connectivity index (χ4n) is 2.58. The Balaban J connectivity index is 2.09. The third-order valence-electron chi connectivity index (χ3n) is 3.73. The quantitative estimate of drug-likeness (QED) is 0.548. The van der Waals surface area contributed by atoms with E-state index in [9.17, 15) is 14.0 Å². The number of carbonyl (C=O) groups excluding carboxylic acids is 2. The molecule has 23 heavy (non-hydrogen) atoms. The van der Waals surface area contributed by atoms with Crippen LogP contribution in [0.4, 0.5) is 4.39 Å². The first-order valence-corrected chi connectivity index (χ1v) is 7.03. The molecule has 0 spiro atoms. The molecule has 0 aliphatic carbocycles. The minimum Gasteiger partial charge on any atom is -0.465 e. The summed E-state index contributed by atoms with van der Waals surface area (Å²) in [5.74, 6) is -0.734. The smallest absolute Gasteiger partial charge is 0.337 e. The van der Waals surface area contributed by atoms with Gasteiger partial charge in [0.25, 0.3) is 0 Å². The van der Waals surface area contributed by atoms with Crippen molar-refractivity contribution >= 4 is 23.2 Å². The molecule has 0 amide bonds. The van der Waals surface area contributed by atoms with E-state index in [1.807, 2.05) is 4.57 Å². The zero-order valence-corrected chi connectivity index (χ0v) is 12.5. The maximum atomic E-state index is 13.0.